The summed E-state index contributed by atoms with van der Waals surface area (Å²) in [5.41, 5.74) is 8.59. The zero-order chi connectivity index (χ0) is 19.0. The number of H-pyrrole nitrogens is 1. The smallest absolute Gasteiger partial charge is 0.329 e. The number of nitrogens with two attached hydrogens (primary N) is 1. The average molecular weight is 359 g/mol. The first-order chi connectivity index (χ1) is 13.0. The molecule has 4 rings (SSSR count). The van der Waals surface area contributed by atoms with Gasteiger partial charge >= 0.3 is 5.69 Å². The van der Waals surface area contributed by atoms with Gasteiger partial charge in [0, 0.05) is 11.1 Å². The number of benzene rings is 2. The van der Waals surface area contributed by atoms with Crippen LogP contribution in [0.15, 0.2) is 65.6 Å². The lowest BCUT2D eigenvalue weighted by atomic mass is 10.1. The number of rotatable bonds is 4. The molecule has 2 aromatic heterocycles. The molecule has 2 aromatic carbocycles. The van der Waals surface area contributed by atoms with E-state index in [-0.39, 0.29) is 11.7 Å². The molecular weight excluding hydrogens is 342 g/mol. The summed E-state index contributed by atoms with van der Waals surface area (Å²) in [6, 6.07) is 16.3. The number of nitrogens with zero attached hydrogens (tertiary/aromatic N) is 3. The van der Waals surface area contributed by atoms with E-state index in [4.69, 9.17) is 5.73 Å². The highest BCUT2D eigenvalue weighted by Gasteiger charge is 2.17. The van der Waals surface area contributed by atoms with Crippen LogP contribution in [0, 0.1) is 0 Å². The van der Waals surface area contributed by atoms with Crippen molar-refractivity contribution in [2.45, 2.75) is 13.0 Å². The van der Waals surface area contributed by atoms with Crippen molar-refractivity contribution in [2.24, 2.45) is 5.73 Å². The van der Waals surface area contributed by atoms with E-state index >= 15 is 0 Å². The number of carbonyl (C=O) groups excluding carboxylic acids is 1. The van der Waals surface area contributed by atoms with Crippen LogP contribution in [0.3, 0.4) is 0 Å². The molecule has 0 aliphatic rings. The third-order valence-corrected chi connectivity index (χ3v) is 4.54. The summed E-state index contributed by atoms with van der Waals surface area (Å²) < 4.78 is 1.58. The van der Waals surface area contributed by atoms with Gasteiger partial charge < -0.3 is 5.73 Å². The standard InChI is InChI=1S/C20H17N5O2/c1-12(13-6-3-2-4-7-13)25-19-18(24-20(25)27)22-11-16(23-19)14-8-5-9-15(10-14)17(21)26/h2-12H,1H3,(H2,21,26)(H,22,24,27)/t12-/m0/s1. The highest BCUT2D eigenvalue weighted by atomic mass is 16.1. The van der Waals surface area contributed by atoms with Crippen LogP contribution < -0.4 is 11.4 Å². The van der Waals surface area contributed by atoms with Crippen molar-refractivity contribution >= 4 is 17.2 Å². The van der Waals surface area contributed by atoms with E-state index in [1.165, 1.54) is 0 Å². The number of hydrogen-bond donors (Lipinski definition) is 2. The summed E-state index contributed by atoms with van der Waals surface area (Å²) >= 11 is 0. The van der Waals surface area contributed by atoms with Gasteiger partial charge in [-0.2, -0.15) is 0 Å². The molecule has 27 heavy (non-hydrogen) atoms. The molecule has 4 aromatic rings. The summed E-state index contributed by atoms with van der Waals surface area (Å²) in [4.78, 5) is 35.7. The van der Waals surface area contributed by atoms with Crippen LogP contribution in [0.25, 0.3) is 22.6 Å². The summed E-state index contributed by atoms with van der Waals surface area (Å²) in [6.07, 6.45) is 1.57. The first kappa shape index (κ1) is 16.7. The van der Waals surface area contributed by atoms with Crippen LogP contribution in [-0.2, 0) is 0 Å². The Morgan fingerprint density at radius 3 is 2.67 bits per heavy atom. The highest BCUT2D eigenvalue weighted by Crippen LogP contribution is 2.23. The molecule has 3 N–H and O–H groups in total. The zero-order valence-corrected chi connectivity index (χ0v) is 14.6. The third-order valence-electron chi connectivity index (χ3n) is 4.54. The minimum absolute atomic E-state index is 0.214. The van der Waals surface area contributed by atoms with Crippen molar-refractivity contribution in [1.29, 1.82) is 0 Å². The predicted octanol–water partition coefficient (Wildman–Crippen LogP) is 2.49. The Labute approximate surface area is 154 Å². The van der Waals surface area contributed by atoms with Gasteiger partial charge in [0.1, 0.15) is 0 Å². The van der Waals surface area contributed by atoms with Crippen LogP contribution in [0.5, 0.6) is 0 Å². The molecule has 0 bridgehead atoms. The molecule has 0 aliphatic carbocycles. The van der Waals surface area contributed by atoms with E-state index in [1.54, 1.807) is 29.0 Å². The van der Waals surface area contributed by atoms with E-state index in [0.717, 1.165) is 5.56 Å². The van der Waals surface area contributed by atoms with Crippen molar-refractivity contribution in [1.82, 2.24) is 19.5 Å². The number of amides is 1. The van der Waals surface area contributed by atoms with Gasteiger partial charge in [0.05, 0.1) is 17.9 Å². The Bertz CT molecular complexity index is 1190. The number of aromatic nitrogens is 4. The Balaban J connectivity index is 1.86. The lowest BCUT2D eigenvalue weighted by molar-refractivity contribution is 0.100. The molecule has 0 saturated heterocycles. The molecule has 0 fully saturated rings. The molecule has 0 spiro atoms. The monoisotopic (exact) mass is 359 g/mol. The van der Waals surface area contributed by atoms with Gasteiger partial charge in [-0.25, -0.2) is 14.8 Å². The van der Waals surface area contributed by atoms with Gasteiger partial charge in [-0.1, -0.05) is 42.5 Å². The fourth-order valence-corrected chi connectivity index (χ4v) is 3.10. The molecule has 1 atom stereocenters. The number of fused-ring (bicyclic) bond motifs is 1. The van der Waals surface area contributed by atoms with Crippen molar-refractivity contribution < 1.29 is 4.79 Å². The zero-order valence-electron chi connectivity index (χ0n) is 14.6. The van der Waals surface area contributed by atoms with E-state index in [0.29, 0.717) is 28.1 Å². The van der Waals surface area contributed by atoms with Gasteiger partial charge in [0.2, 0.25) is 5.91 Å². The fourth-order valence-electron chi connectivity index (χ4n) is 3.10. The summed E-state index contributed by atoms with van der Waals surface area (Å²) in [7, 11) is 0. The van der Waals surface area contributed by atoms with E-state index < -0.39 is 5.91 Å². The van der Waals surface area contributed by atoms with Crippen molar-refractivity contribution in [2.75, 3.05) is 0 Å². The van der Waals surface area contributed by atoms with Crippen molar-refractivity contribution in [3.63, 3.8) is 0 Å². The van der Waals surface area contributed by atoms with E-state index in [1.807, 2.05) is 43.3 Å². The summed E-state index contributed by atoms with van der Waals surface area (Å²) in [5, 5.41) is 0. The number of carbonyl (C=O) groups is 1. The highest BCUT2D eigenvalue weighted by molar-refractivity contribution is 5.94. The van der Waals surface area contributed by atoms with Crippen LogP contribution in [0.1, 0.15) is 28.9 Å². The fraction of sp³-hybridized carbons (Fsp3) is 0.100. The maximum atomic E-state index is 12.5. The molecule has 7 heteroatoms. The molecule has 0 radical (unpaired) electrons. The van der Waals surface area contributed by atoms with Crippen molar-refractivity contribution in [3.8, 4) is 11.3 Å². The second-order valence-electron chi connectivity index (χ2n) is 6.26. The predicted molar refractivity (Wildman–Crippen MR) is 102 cm³/mol. The lowest BCUT2D eigenvalue weighted by Gasteiger charge is -2.13. The van der Waals surface area contributed by atoms with Crippen LogP contribution >= 0.6 is 0 Å². The van der Waals surface area contributed by atoms with E-state index in [2.05, 4.69) is 15.0 Å². The molecule has 2 heterocycles. The Morgan fingerprint density at radius 1 is 1.15 bits per heavy atom. The van der Waals surface area contributed by atoms with Crippen LogP contribution in [0.2, 0.25) is 0 Å². The molecular formula is C20H17N5O2. The molecule has 134 valence electrons. The second kappa shape index (κ2) is 6.53. The molecule has 1 amide bonds. The molecule has 0 aliphatic heterocycles. The Morgan fingerprint density at radius 2 is 1.93 bits per heavy atom. The van der Waals surface area contributed by atoms with Gasteiger partial charge in [0.15, 0.2) is 11.3 Å². The normalized spacial score (nSPS) is 12.2. The minimum Gasteiger partial charge on any atom is -0.366 e. The number of hydrogen-bond acceptors (Lipinski definition) is 4. The first-order valence-electron chi connectivity index (χ1n) is 8.47. The minimum atomic E-state index is -0.512. The van der Waals surface area contributed by atoms with Crippen LogP contribution in [0.4, 0.5) is 0 Å². The van der Waals surface area contributed by atoms with Crippen molar-refractivity contribution in [3.05, 3.63) is 82.4 Å². The summed E-state index contributed by atoms with van der Waals surface area (Å²) in [5.74, 6) is -0.512. The summed E-state index contributed by atoms with van der Waals surface area (Å²) in [6.45, 7) is 1.94. The Kier molecular flexibility index (Phi) is 4.04. The maximum absolute atomic E-state index is 12.5. The molecule has 7 nitrogen and oxygen atoms in total. The third kappa shape index (κ3) is 2.99. The topological polar surface area (TPSA) is 107 Å². The second-order valence-corrected chi connectivity index (χ2v) is 6.26. The molecule has 0 unspecified atom stereocenters. The maximum Gasteiger partial charge on any atom is 0.329 e. The largest absolute Gasteiger partial charge is 0.366 e. The van der Waals surface area contributed by atoms with Gasteiger partial charge in [-0.3, -0.25) is 14.3 Å². The number of primary amides is 1. The Hall–Kier alpha value is -3.74. The first-order valence-corrected chi connectivity index (χ1v) is 8.47. The number of imidazole rings is 1. The number of aromatic amines is 1. The van der Waals surface area contributed by atoms with Gasteiger partial charge in [0.25, 0.3) is 0 Å². The number of nitrogens with one attached hydrogen (secondary N) is 1. The molecule has 0 saturated carbocycles. The van der Waals surface area contributed by atoms with Gasteiger partial charge in [-0.15, -0.1) is 0 Å². The average Bonchev–Trinajstić information content (AvgIpc) is 3.03. The van der Waals surface area contributed by atoms with E-state index in [9.17, 15) is 9.59 Å². The van der Waals surface area contributed by atoms with Gasteiger partial charge in [-0.05, 0) is 24.6 Å². The SMILES string of the molecule is C[C@@H](c1ccccc1)n1c(=O)[nH]c2ncc(-c3cccc(C(N)=O)c3)nc21. The lowest BCUT2D eigenvalue weighted by Crippen LogP contribution is -2.21. The van der Waals surface area contributed by atoms with Crippen LogP contribution in [-0.4, -0.2) is 25.4 Å². The quantitative estimate of drug-likeness (QED) is 0.584.